The van der Waals surface area contributed by atoms with Crippen LogP contribution in [-0.2, 0) is 25.6 Å². The van der Waals surface area contributed by atoms with E-state index in [1.807, 2.05) is 30.3 Å². The Balaban J connectivity index is 1.91. The highest BCUT2D eigenvalue weighted by molar-refractivity contribution is 5.88. The van der Waals surface area contributed by atoms with Crippen molar-refractivity contribution in [1.29, 1.82) is 0 Å². The molecule has 1 fully saturated rings. The molecule has 0 radical (unpaired) electrons. The lowest BCUT2D eigenvalue weighted by molar-refractivity contribution is -0.188. The molecule has 0 aromatic heterocycles. The molecule has 0 bridgehead atoms. The van der Waals surface area contributed by atoms with Crippen LogP contribution in [0.1, 0.15) is 12.0 Å². The van der Waals surface area contributed by atoms with E-state index < -0.39 is 30.1 Å². The molecular weight excluding hydrogens is 365 g/mol. The number of hydroxylamine groups is 1. The Kier molecular flexibility index (Phi) is 7.37. The van der Waals surface area contributed by atoms with Crippen LogP contribution in [0.4, 0.5) is 13.2 Å². The quantitative estimate of drug-likeness (QED) is 0.320. The number of hydrogen-bond acceptors (Lipinski definition) is 5. The van der Waals surface area contributed by atoms with E-state index in [1.54, 1.807) is 0 Å². The van der Waals surface area contributed by atoms with Crippen molar-refractivity contribution in [1.82, 2.24) is 10.4 Å². The number of nitrogens with zero attached hydrogens (tertiary/aromatic N) is 1. The predicted molar refractivity (Wildman–Crippen MR) is 90.4 cm³/mol. The van der Waals surface area contributed by atoms with Crippen molar-refractivity contribution in [2.45, 2.75) is 31.1 Å². The largest absolute Gasteiger partial charge is 0.471 e. The number of esters is 1. The van der Waals surface area contributed by atoms with Crippen LogP contribution in [0.15, 0.2) is 43.0 Å². The first-order valence-corrected chi connectivity index (χ1v) is 8.39. The Hall–Kier alpha value is -2.39. The summed E-state index contributed by atoms with van der Waals surface area (Å²) in [4.78, 5) is 29.4. The summed E-state index contributed by atoms with van der Waals surface area (Å²) in [5.41, 5.74) is 3.69. The van der Waals surface area contributed by atoms with Crippen LogP contribution in [0.2, 0.25) is 0 Å². The number of alkyl halides is 3. The summed E-state index contributed by atoms with van der Waals surface area (Å²) < 4.78 is 43.2. The van der Waals surface area contributed by atoms with Gasteiger partial charge in [0.05, 0.1) is 12.6 Å². The minimum atomic E-state index is -5.07. The zero-order chi connectivity index (χ0) is 19.9. The fourth-order valence-corrected chi connectivity index (χ4v) is 2.76. The van der Waals surface area contributed by atoms with Gasteiger partial charge in [-0.05, 0) is 18.4 Å². The number of nitrogens with one attached hydrogen (secondary N) is 1. The number of benzene rings is 1. The molecule has 9 heteroatoms. The summed E-state index contributed by atoms with van der Waals surface area (Å²) in [6.45, 7) is 3.21. The molecular formula is C18H21F3N2O4. The summed E-state index contributed by atoms with van der Waals surface area (Å²) in [7, 11) is 0. The van der Waals surface area contributed by atoms with Gasteiger partial charge in [0.1, 0.15) is 12.6 Å². The minimum Gasteiger partial charge on any atom is -0.460 e. The second-order valence-corrected chi connectivity index (χ2v) is 6.02. The Morgan fingerprint density at radius 2 is 2.00 bits per heavy atom. The third kappa shape index (κ3) is 6.07. The Bertz CT molecular complexity index is 652. The van der Waals surface area contributed by atoms with Gasteiger partial charge < -0.3 is 14.5 Å². The summed E-state index contributed by atoms with van der Waals surface area (Å²) in [6.07, 6.45) is -3.20. The lowest BCUT2D eigenvalue weighted by atomic mass is 10.2. The highest BCUT2D eigenvalue weighted by atomic mass is 19.4. The second kappa shape index (κ2) is 9.52. The van der Waals surface area contributed by atoms with Crippen LogP contribution < -0.4 is 5.48 Å². The van der Waals surface area contributed by atoms with Crippen LogP contribution in [-0.4, -0.2) is 54.8 Å². The molecule has 1 aromatic rings. The first kappa shape index (κ1) is 20.9. The maximum atomic E-state index is 12.8. The van der Waals surface area contributed by atoms with Gasteiger partial charge in [-0.2, -0.15) is 18.7 Å². The number of rotatable bonds is 8. The van der Waals surface area contributed by atoms with Gasteiger partial charge in [-0.15, -0.1) is 0 Å². The van der Waals surface area contributed by atoms with Gasteiger partial charge in [0.25, 0.3) is 0 Å². The molecule has 1 aliphatic heterocycles. The molecule has 1 heterocycles. The highest BCUT2D eigenvalue weighted by Crippen LogP contribution is 2.26. The van der Waals surface area contributed by atoms with Gasteiger partial charge in [-0.25, -0.2) is 4.79 Å². The minimum absolute atomic E-state index is 0.0386. The first-order chi connectivity index (χ1) is 12.8. The highest BCUT2D eigenvalue weighted by Gasteiger charge is 2.50. The molecule has 2 atom stereocenters. The van der Waals surface area contributed by atoms with Gasteiger partial charge in [-0.3, -0.25) is 4.79 Å². The molecule has 1 N–H and O–H groups in total. The van der Waals surface area contributed by atoms with Crippen LogP contribution in [0.25, 0.3) is 0 Å². The summed E-state index contributed by atoms with van der Waals surface area (Å²) in [5.74, 6) is -2.97. The number of likely N-dealkylation sites (tertiary alicyclic amines) is 1. The van der Waals surface area contributed by atoms with Gasteiger partial charge >= 0.3 is 18.1 Å². The predicted octanol–water partition coefficient (Wildman–Crippen LogP) is 2.01. The van der Waals surface area contributed by atoms with E-state index in [1.165, 1.54) is 6.08 Å². The van der Waals surface area contributed by atoms with Gasteiger partial charge in [0.15, 0.2) is 0 Å². The summed E-state index contributed by atoms with van der Waals surface area (Å²) >= 11 is 0. The van der Waals surface area contributed by atoms with Gasteiger partial charge in [-0.1, -0.05) is 43.0 Å². The van der Waals surface area contributed by atoms with E-state index in [2.05, 4.69) is 12.1 Å². The number of carbonyl (C=O) groups is 2. The Morgan fingerprint density at radius 1 is 1.30 bits per heavy atom. The molecule has 2 rings (SSSR count). The topological polar surface area (TPSA) is 67.9 Å². The van der Waals surface area contributed by atoms with Crippen molar-refractivity contribution in [3.8, 4) is 0 Å². The van der Waals surface area contributed by atoms with Crippen LogP contribution >= 0.6 is 0 Å². The van der Waals surface area contributed by atoms with Crippen molar-refractivity contribution in [3.05, 3.63) is 48.6 Å². The van der Waals surface area contributed by atoms with E-state index in [0.717, 1.165) is 5.56 Å². The molecule has 0 aliphatic carbocycles. The third-order valence-electron chi connectivity index (χ3n) is 4.01. The molecule has 27 heavy (non-hydrogen) atoms. The van der Waals surface area contributed by atoms with E-state index in [9.17, 15) is 22.8 Å². The van der Waals surface area contributed by atoms with Crippen LogP contribution in [0.3, 0.4) is 0 Å². The molecule has 1 unspecified atom stereocenters. The van der Waals surface area contributed by atoms with E-state index in [0.29, 0.717) is 17.9 Å². The number of amides is 1. The molecule has 1 aromatic carbocycles. The molecule has 1 aliphatic rings. The molecule has 1 amide bonds. The Labute approximate surface area is 154 Å². The van der Waals surface area contributed by atoms with Crippen molar-refractivity contribution in [2.75, 3.05) is 19.8 Å². The first-order valence-electron chi connectivity index (χ1n) is 8.39. The van der Waals surface area contributed by atoms with E-state index in [-0.39, 0.29) is 19.6 Å². The molecule has 1 saturated heterocycles. The molecule has 148 valence electrons. The van der Waals surface area contributed by atoms with E-state index in [4.69, 9.17) is 9.57 Å². The maximum Gasteiger partial charge on any atom is 0.471 e. The van der Waals surface area contributed by atoms with Crippen molar-refractivity contribution < 1.29 is 32.3 Å². The molecule has 0 saturated carbocycles. The average molecular weight is 386 g/mol. The Morgan fingerprint density at radius 3 is 2.63 bits per heavy atom. The van der Waals surface area contributed by atoms with Crippen LogP contribution in [0.5, 0.6) is 0 Å². The lowest BCUT2D eigenvalue weighted by Crippen LogP contribution is -2.47. The summed E-state index contributed by atoms with van der Waals surface area (Å²) in [6, 6.07) is 7.57. The van der Waals surface area contributed by atoms with E-state index >= 15 is 0 Å². The number of carbonyl (C=O) groups excluding carboxylic acids is 2. The third-order valence-corrected chi connectivity index (χ3v) is 4.01. The SMILES string of the molecule is C=CCOC(=O)C1C[C@@H](NOCCc2ccccc2)CN1C(=O)C(F)(F)F. The fourth-order valence-electron chi connectivity index (χ4n) is 2.76. The van der Waals surface area contributed by atoms with Crippen LogP contribution in [0, 0.1) is 0 Å². The number of ether oxygens (including phenoxy) is 1. The molecule has 6 nitrogen and oxygen atoms in total. The monoisotopic (exact) mass is 386 g/mol. The second-order valence-electron chi connectivity index (χ2n) is 6.02. The van der Waals surface area contributed by atoms with Crippen molar-refractivity contribution in [3.63, 3.8) is 0 Å². The maximum absolute atomic E-state index is 12.8. The molecule has 0 spiro atoms. The summed E-state index contributed by atoms with van der Waals surface area (Å²) in [5, 5.41) is 0. The van der Waals surface area contributed by atoms with Gasteiger partial charge in [0, 0.05) is 6.54 Å². The fraction of sp³-hybridized carbons (Fsp3) is 0.444. The average Bonchev–Trinajstić information content (AvgIpc) is 3.07. The smallest absolute Gasteiger partial charge is 0.460 e. The lowest BCUT2D eigenvalue weighted by Gasteiger charge is -2.23. The van der Waals surface area contributed by atoms with Crippen molar-refractivity contribution >= 4 is 11.9 Å². The van der Waals surface area contributed by atoms with Gasteiger partial charge in [0.2, 0.25) is 0 Å². The normalized spacial score (nSPS) is 19.7. The number of halogens is 3. The van der Waals surface area contributed by atoms with Crippen molar-refractivity contribution in [2.24, 2.45) is 0 Å². The zero-order valence-electron chi connectivity index (χ0n) is 14.6. The zero-order valence-corrected chi connectivity index (χ0v) is 14.6. The standard InChI is InChI=1S/C18H21F3N2O4/c1-2-9-26-16(24)15-11-14(12-23(15)17(25)18(19,20)21)22-27-10-8-13-6-4-3-5-7-13/h2-7,14-15,22H,1,8-12H2/t14-,15?/m1/s1. The number of hydrogen-bond donors (Lipinski definition) is 1.